The number of anilines is 1. The number of carbonyl (C=O) groups is 2. The zero-order chi connectivity index (χ0) is 37.8. The fourth-order valence-electron chi connectivity index (χ4n) is 8.26. The predicted octanol–water partition coefficient (Wildman–Crippen LogP) is 10.5. The van der Waals surface area contributed by atoms with E-state index in [1.54, 1.807) is 0 Å². The Morgan fingerprint density at radius 1 is 0.792 bits per heavy atom. The average Bonchev–Trinajstić information content (AvgIpc) is 3.53. The lowest BCUT2D eigenvalue weighted by molar-refractivity contribution is -0.436. The number of ether oxygens (including phenoxy) is 1. The highest BCUT2D eigenvalue weighted by Gasteiger charge is 2.48. The first-order chi connectivity index (χ1) is 25.5. The van der Waals surface area contributed by atoms with Crippen LogP contribution in [0.2, 0.25) is 0 Å². The second kappa shape index (κ2) is 15.6. The molecule has 2 heterocycles. The summed E-state index contributed by atoms with van der Waals surface area (Å²) in [5, 5.41) is 14.5. The number of hydrogen-bond donors (Lipinski definition) is 1. The zero-order valence-electron chi connectivity index (χ0n) is 31.9. The van der Waals surface area contributed by atoms with Crippen molar-refractivity contribution in [1.82, 2.24) is 0 Å². The molecule has 0 saturated heterocycles. The van der Waals surface area contributed by atoms with Crippen LogP contribution >= 0.6 is 0 Å². The number of allylic oxidation sites excluding steroid dienone is 10. The minimum Gasteiger partial charge on any atom is -0.481 e. The normalized spacial score (nSPS) is 20.1. The molecule has 6 rings (SSSR count). The first-order valence-corrected chi connectivity index (χ1v) is 18.6. The average molecular weight is 708 g/mol. The summed E-state index contributed by atoms with van der Waals surface area (Å²) in [6.45, 7) is 14.8. The van der Waals surface area contributed by atoms with Crippen LogP contribution in [-0.2, 0) is 25.2 Å². The van der Waals surface area contributed by atoms with Crippen LogP contribution in [0.15, 0.2) is 132 Å². The Morgan fingerprint density at radius 2 is 1.42 bits per heavy atom. The van der Waals surface area contributed by atoms with Crippen LogP contribution in [0.4, 0.5) is 11.4 Å². The highest BCUT2D eigenvalue weighted by molar-refractivity contribution is 6.08. The van der Waals surface area contributed by atoms with E-state index < -0.39 is 5.97 Å². The molecule has 0 radical (unpaired) electrons. The Labute approximate surface area is 313 Å². The molecule has 4 aromatic carbocycles. The molecule has 1 N–H and O–H groups in total. The van der Waals surface area contributed by atoms with Crippen LogP contribution in [-0.4, -0.2) is 47.5 Å². The van der Waals surface area contributed by atoms with Crippen molar-refractivity contribution in [2.45, 2.75) is 71.6 Å². The summed E-state index contributed by atoms with van der Waals surface area (Å²) in [5.41, 5.74) is 8.76. The highest BCUT2D eigenvalue weighted by Crippen LogP contribution is 2.53. The zero-order valence-corrected chi connectivity index (χ0v) is 31.9. The summed E-state index contributed by atoms with van der Waals surface area (Å²) in [5.74, 6) is -0.815. The van der Waals surface area contributed by atoms with Gasteiger partial charge in [-0.25, -0.2) is 0 Å². The molecule has 6 heteroatoms. The number of benzene rings is 4. The van der Waals surface area contributed by atoms with E-state index >= 15 is 0 Å². The van der Waals surface area contributed by atoms with E-state index in [2.05, 4.69) is 166 Å². The second-order valence-corrected chi connectivity index (χ2v) is 15.1. The van der Waals surface area contributed by atoms with Crippen molar-refractivity contribution in [2.75, 3.05) is 24.6 Å². The van der Waals surface area contributed by atoms with E-state index in [9.17, 15) is 14.7 Å². The van der Waals surface area contributed by atoms with Crippen molar-refractivity contribution < 1.29 is 24.0 Å². The molecule has 0 aliphatic carbocycles. The lowest BCUT2D eigenvalue weighted by Gasteiger charge is -2.30. The van der Waals surface area contributed by atoms with E-state index in [1.165, 1.54) is 43.8 Å². The number of carbonyl (C=O) groups excluding carboxylic acids is 1. The monoisotopic (exact) mass is 707 g/mol. The number of carboxylic acids is 1. The molecular formula is C47H51N2O4+. The first kappa shape index (κ1) is 37.3. The Balaban J connectivity index is 1.45. The molecule has 0 amide bonds. The van der Waals surface area contributed by atoms with Gasteiger partial charge in [0.1, 0.15) is 13.0 Å². The third-order valence-corrected chi connectivity index (χ3v) is 10.8. The molecule has 0 spiro atoms. The third kappa shape index (κ3) is 7.28. The predicted molar refractivity (Wildman–Crippen MR) is 218 cm³/mol. The van der Waals surface area contributed by atoms with E-state index in [-0.39, 0.29) is 23.9 Å². The molecule has 2 atom stereocenters. The summed E-state index contributed by atoms with van der Waals surface area (Å²) in [6, 6.07) is 25.7. The van der Waals surface area contributed by atoms with Gasteiger partial charge in [0.25, 0.3) is 6.47 Å². The van der Waals surface area contributed by atoms with Gasteiger partial charge >= 0.3 is 5.97 Å². The number of fused-ring (bicyclic) bond motifs is 6. The number of hydrogen-bond acceptors (Lipinski definition) is 4. The molecule has 2 aliphatic heterocycles. The van der Waals surface area contributed by atoms with Gasteiger partial charge < -0.3 is 14.7 Å². The van der Waals surface area contributed by atoms with Gasteiger partial charge in [0, 0.05) is 34.5 Å². The second-order valence-electron chi connectivity index (χ2n) is 15.1. The molecule has 0 saturated carbocycles. The number of carboxylic acid groups (broad SMARTS) is 1. The SMILES string of the molecule is CC(C)=CCC1(C)C(/C=C/C=C/C=C2\N(CCOC=O)c3ccc4ccccc4c3C2(C)CC=C(C)C)=[N+](CCC(=O)O)c2ccc3ccccc3c21. The smallest absolute Gasteiger partial charge is 0.309 e. The Bertz CT molecular complexity index is 2250. The van der Waals surface area contributed by atoms with Gasteiger partial charge in [-0.05, 0) is 99.7 Å². The minimum absolute atomic E-state index is 0.0351. The lowest BCUT2D eigenvalue weighted by Crippen LogP contribution is -2.31. The Morgan fingerprint density at radius 3 is 2.06 bits per heavy atom. The maximum atomic E-state index is 11.9. The van der Waals surface area contributed by atoms with Crippen LogP contribution in [0, 0.1) is 0 Å². The highest BCUT2D eigenvalue weighted by atomic mass is 16.5. The van der Waals surface area contributed by atoms with Crippen LogP contribution in [0.25, 0.3) is 21.5 Å². The molecule has 0 aromatic heterocycles. The molecule has 4 aromatic rings. The lowest BCUT2D eigenvalue weighted by atomic mass is 9.74. The van der Waals surface area contributed by atoms with Crippen LogP contribution in [0.5, 0.6) is 0 Å². The van der Waals surface area contributed by atoms with Gasteiger partial charge in [-0.3, -0.25) is 9.59 Å². The molecule has 2 aliphatic rings. The van der Waals surface area contributed by atoms with Gasteiger partial charge in [-0.2, -0.15) is 4.58 Å². The molecule has 0 fully saturated rings. The maximum Gasteiger partial charge on any atom is 0.309 e. The number of nitrogens with zero attached hydrogens (tertiary/aromatic N) is 2. The van der Waals surface area contributed by atoms with Crippen molar-refractivity contribution in [3.63, 3.8) is 0 Å². The quantitative estimate of drug-likeness (QED) is 0.0465. The fraction of sp³-hybridized carbons (Fsp3) is 0.298. The summed E-state index contributed by atoms with van der Waals surface area (Å²) in [6.07, 6.45) is 16.9. The van der Waals surface area contributed by atoms with Crippen molar-refractivity contribution in [3.8, 4) is 0 Å². The topological polar surface area (TPSA) is 69.8 Å². The summed E-state index contributed by atoms with van der Waals surface area (Å²) < 4.78 is 7.44. The van der Waals surface area contributed by atoms with Crippen LogP contribution in [0.1, 0.15) is 71.9 Å². The van der Waals surface area contributed by atoms with Crippen molar-refractivity contribution >= 4 is 51.1 Å². The van der Waals surface area contributed by atoms with Crippen molar-refractivity contribution in [2.24, 2.45) is 0 Å². The molecule has 6 nitrogen and oxygen atoms in total. The van der Waals surface area contributed by atoms with Gasteiger partial charge in [-0.15, -0.1) is 0 Å². The Kier molecular flexibility index (Phi) is 11.0. The summed E-state index contributed by atoms with van der Waals surface area (Å²) in [4.78, 5) is 25.3. The molecule has 53 heavy (non-hydrogen) atoms. The van der Waals surface area contributed by atoms with Crippen LogP contribution < -0.4 is 4.90 Å². The van der Waals surface area contributed by atoms with Gasteiger partial charge in [0.2, 0.25) is 5.69 Å². The fourth-order valence-corrected chi connectivity index (χ4v) is 8.26. The summed E-state index contributed by atoms with van der Waals surface area (Å²) in [7, 11) is 0. The van der Waals surface area contributed by atoms with E-state index in [4.69, 9.17) is 4.74 Å². The van der Waals surface area contributed by atoms with Crippen LogP contribution in [0.3, 0.4) is 0 Å². The minimum atomic E-state index is -0.815. The summed E-state index contributed by atoms with van der Waals surface area (Å²) >= 11 is 0. The standard InChI is InChI=1S/C47H50N2O4/c1-33(2)24-27-46(5)41(48(29-26-43(51)52)39-22-20-35-14-10-12-16-37(35)44(39)46)18-8-7-9-19-42-47(6,28-25-34(3)4)45-38-17-13-11-15-36(38)21-23-40(45)49(42)30-31-53-32-50/h7-25,32H,26-31H2,1-6H3/p+1. The number of aliphatic carboxylic acids is 1. The Hall–Kier alpha value is -5.49. The van der Waals surface area contributed by atoms with E-state index in [1.807, 2.05) is 0 Å². The van der Waals surface area contributed by atoms with E-state index in [0.29, 0.717) is 19.6 Å². The molecular weight excluding hydrogens is 657 g/mol. The van der Waals surface area contributed by atoms with Gasteiger partial charge in [0.15, 0.2) is 12.3 Å². The van der Waals surface area contributed by atoms with E-state index in [0.717, 1.165) is 35.6 Å². The largest absolute Gasteiger partial charge is 0.481 e. The molecule has 272 valence electrons. The number of rotatable bonds is 14. The van der Waals surface area contributed by atoms with Crippen molar-refractivity contribution in [3.05, 3.63) is 143 Å². The molecule has 0 bridgehead atoms. The van der Waals surface area contributed by atoms with Gasteiger partial charge in [-0.1, -0.05) is 96.1 Å². The molecule has 2 unspecified atom stereocenters. The first-order valence-electron chi connectivity index (χ1n) is 18.6. The maximum absolute atomic E-state index is 11.9. The van der Waals surface area contributed by atoms with Crippen molar-refractivity contribution in [1.29, 1.82) is 0 Å². The van der Waals surface area contributed by atoms with Gasteiger partial charge in [0.05, 0.1) is 12.0 Å². The third-order valence-electron chi connectivity index (χ3n) is 10.8.